The van der Waals surface area contributed by atoms with Crippen LogP contribution < -0.4 is 0 Å². The fraction of sp³-hybridized carbons (Fsp3) is 0.288. The van der Waals surface area contributed by atoms with Gasteiger partial charge in [0.05, 0.1) is 38.0 Å². The molecule has 0 aliphatic heterocycles. The van der Waals surface area contributed by atoms with E-state index in [4.69, 9.17) is 0 Å². The van der Waals surface area contributed by atoms with E-state index in [1.807, 2.05) is 31.2 Å². The molecule has 0 fully saturated rings. The van der Waals surface area contributed by atoms with Gasteiger partial charge in [-0.15, -0.1) is 0 Å². The highest BCUT2D eigenvalue weighted by molar-refractivity contribution is 7.90. The van der Waals surface area contributed by atoms with Crippen LogP contribution in [0.3, 0.4) is 0 Å². The molecule has 0 saturated carbocycles. The first kappa shape index (κ1) is 42.8. The second-order valence-electron chi connectivity index (χ2n) is 22.6. The van der Waals surface area contributed by atoms with Crippen molar-refractivity contribution in [2.75, 3.05) is 0 Å². The van der Waals surface area contributed by atoms with Crippen molar-refractivity contribution >= 4 is 75.4 Å². The van der Waals surface area contributed by atoms with Crippen LogP contribution in [0.1, 0.15) is 111 Å². The quantitative estimate of drug-likeness (QED) is 0.177. The summed E-state index contributed by atoms with van der Waals surface area (Å²) in [6.45, 7) is 29.2. The van der Waals surface area contributed by atoms with Crippen LogP contribution in [0.2, 0.25) is 0 Å². The molecule has 5 nitrogen and oxygen atoms in total. The van der Waals surface area contributed by atoms with Gasteiger partial charge in [-0.1, -0.05) is 125 Å². The van der Waals surface area contributed by atoms with Crippen LogP contribution >= 0.6 is 0 Å². The highest BCUT2D eigenvalue weighted by Gasteiger charge is 2.27. The average molecular weight is 876 g/mol. The third kappa shape index (κ3) is 6.90. The summed E-state index contributed by atoms with van der Waals surface area (Å²) in [6.07, 6.45) is 0. The normalized spacial score (nSPS) is 13.4. The molecule has 10 aromatic rings. The van der Waals surface area contributed by atoms with Crippen LogP contribution in [0, 0.1) is 6.92 Å². The van der Waals surface area contributed by atoms with Crippen molar-refractivity contribution < 1.29 is 8.42 Å². The van der Waals surface area contributed by atoms with Crippen LogP contribution in [0.5, 0.6) is 0 Å². The topological polar surface area (TPSA) is 48.9 Å². The number of benzene rings is 7. The maximum atomic E-state index is 15.0. The van der Waals surface area contributed by atoms with E-state index < -0.39 is 10.0 Å². The van der Waals surface area contributed by atoms with Gasteiger partial charge in [-0.2, -0.15) is 0 Å². The van der Waals surface area contributed by atoms with Crippen LogP contribution in [0.25, 0.3) is 76.8 Å². The Morgan fingerprint density at radius 1 is 0.338 bits per heavy atom. The summed E-state index contributed by atoms with van der Waals surface area (Å²) in [5, 5.41) is 6.57. The summed E-state index contributed by atoms with van der Waals surface area (Å²) in [6, 6.07) is 47.3. The average Bonchev–Trinajstić information content (AvgIpc) is 3.86. The van der Waals surface area contributed by atoms with Gasteiger partial charge in [0.15, 0.2) is 0 Å². The van der Waals surface area contributed by atoms with Gasteiger partial charge in [0.2, 0.25) is 0 Å². The minimum Gasteiger partial charge on any atom is -0.309 e. The lowest BCUT2D eigenvalue weighted by molar-refractivity contribution is 0.589. The smallest absolute Gasteiger partial charge is 0.268 e. The van der Waals surface area contributed by atoms with Crippen molar-refractivity contribution in [1.29, 1.82) is 0 Å². The molecule has 0 atom stereocenters. The highest BCUT2D eigenvalue weighted by Crippen LogP contribution is 2.43. The first-order valence-corrected chi connectivity index (χ1v) is 24.4. The first-order chi connectivity index (χ1) is 30.4. The molecule has 3 aromatic heterocycles. The van der Waals surface area contributed by atoms with Crippen LogP contribution in [0.4, 0.5) is 0 Å². The Hall–Kier alpha value is -6.11. The molecule has 0 saturated heterocycles. The summed E-state index contributed by atoms with van der Waals surface area (Å²) in [7, 11) is -4.01. The second kappa shape index (κ2) is 14.2. The summed E-state index contributed by atoms with van der Waals surface area (Å²) in [4.78, 5) is 0.258. The molecule has 7 aromatic carbocycles. The molecule has 0 aliphatic carbocycles. The predicted molar refractivity (Wildman–Crippen MR) is 277 cm³/mol. The second-order valence-corrected chi connectivity index (χ2v) is 24.4. The zero-order valence-corrected chi connectivity index (χ0v) is 41.1. The number of aryl methyl sites for hydroxylation is 1. The minimum atomic E-state index is -4.01. The van der Waals surface area contributed by atoms with E-state index in [2.05, 4.69) is 189 Å². The lowest BCUT2D eigenvalue weighted by Crippen LogP contribution is -2.12. The number of nitrogens with zero attached hydrogens (tertiary/aromatic N) is 3. The Kier molecular flexibility index (Phi) is 9.35. The molecule has 0 N–H and O–H groups in total. The molecule has 6 heteroatoms. The summed E-state index contributed by atoms with van der Waals surface area (Å²) in [5.41, 5.74) is 13.7. The Morgan fingerprint density at radius 2 is 0.615 bits per heavy atom. The lowest BCUT2D eigenvalue weighted by Gasteiger charge is -2.19. The zero-order valence-electron chi connectivity index (χ0n) is 40.3. The van der Waals surface area contributed by atoms with Gasteiger partial charge >= 0.3 is 0 Å². The predicted octanol–water partition coefficient (Wildman–Crippen LogP) is 15.7. The van der Waals surface area contributed by atoms with Crippen molar-refractivity contribution in [3.63, 3.8) is 0 Å². The third-order valence-corrected chi connectivity index (χ3v) is 15.5. The lowest BCUT2D eigenvalue weighted by atomic mass is 9.85. The Morgan fingerprint density at radius 3 is 0.908 bits per heavy atom. The minimum absolute atomic E-state index is 0.0221. The van der Waals surface area contributed by atoms with E-state index in [1.54, 1.807) is 16.1 Å². The van der Waals surface area contributed by atoms with Gasteiger partial charge in [-0.3, -0.25) is 0 Å². The SMILES string of the molecule is Cc1ccc(S(=O)(=O)n2c3ccc(-n4c5ccc(C(C)(C)C)cc5c5cc(C(C)(C)C)ccc54)cc3c3cc(-n4c5ccc(C(C)(C)C)cc5c5cc(C(C)(C)C)ccc54)ccc32)cc1. The van der Waals surface area contributed by atoms with E-state index in [9.17, 15) is 8.42 Å². The molecule has 0 radical (unpaired) electrons. The number of hydrogen-bond donors (Lipinski definition) is 0. The molecule has 0 unspecified atom stereocenters. The molecule has 65 heavy (non-hydrogen) atoms. The van der Waals surface area contributed by atoms with Gasteiger partial charge in [0.25, 0.3) is 10.0 Å². The fourth-order valence-electron chi connectivity index (χ4n) is 9.79. The van der Waals surface area contributed by atoms with E-state index in [0.717, 1.165) is 49.8 Å². The molecular weight excluding hydrogens is 815 g/mol. The van der Waals surface area contributed by atoms with E-state index in [-0.39, 0.29) is 26.6 Å². The van der Waals surface area contributed by atoms with Gasteiger partial charge in [-0.25, -0.2) is 12.4 Å². The monoisotopic (exact) mass is 875 g/mol. The highest BCUT2D eigenvalue weighted by atomic mass is 32.2. The number of hydrogen-bond acceptors (Lipinski definition) is 2. The van der Waals surface area contributed by atoms with Crippen molar-refractivity contribution in [3.05, 3.63) is 161 Å². The van der Waals surface area contributed by atoms with Crippen LogP contribution in [-0.2, 0) is 31.7 Å². The summed E-state index contributed by atoms with van der Waals surface area (Å²) >= 11 is 0. The Bertz CT molecular complexity index is 3350. The van der Waals surface area contributed by atoms with Crippen molar-refractivity contribution in [3.8, 4) is 11.4 Å². The molecule has 0 spiro atoms. The zero-order chi connectivity index (χ0) is 46.3. The number of rotatable bonds is 4. The number of aromatic nitrogens is 3. The van der Waals surface area contributed by atoms with Crippen molar-refractivity contribution in [2.45, 2.75) is 117 Å². The third-order valence-electron chi connectivity index (χ3n) is 13.8. The van der Waals surface area contributed by atoms with Crippen molar-refractivity contribution in [1.82, 2.24) is 13.1 Å². The van der Waals surface area contributed by atoms with Crippen LogP contribution in [0.15, 0.2) is 138 Å². The largest absolute Gasteiger partial charge is 0.309 e. The van der Waals surface area contributed by atoms with Crippen molar-refractivity contribution in [2.24, 2.45) is 0 Å². The maximum Gasteiger partial charge on any atom is 0.268 e. The molecule has 3 heterocycles. The molecule has 0 aliphatic rings. The Labute approximate surface area is 384 Å². The standard InChI is InChI=1S/C59H61N3O2S/c1-36-14-22-43(23-15-36)65(63,64)62-54-28-20-41(60-50-24-16-37(56(2,3)4)30-44(50)45-31-38(57(5,6)7)17-25-51(45)60)34-48(54)49-35-42(21-29-55(49)62)61-52-26-18-39(58(8,9)10)32-46(52)47-33-40(59(11,12)13)19-27-53(47)61/h14-35H,1-13H3. The maximum absolute atomic E-state index is 15.0. The Balaban J connectivity index is 1.29. The van der Waals surface area contributed by atoms with Gasteiger partial charge in [0, 0.05) is 43.7 Å². The fourth-order valence-corrected chi connectivity index (χ4v) is 11.3. The molecule has 0 bridgehead atoms. The van der Waals surface area contributed by atoms with Gasteiger partial charge in [0.1, 0.15) is 0 Å². The summed E-state index contributed by atoms with van der Waals surface area (Å²) < 4.78 is 36.2. The summed E-state index contributed by atoms with van der Waals surface area (Å²) in [5.74, 6) is 0. The molecule has 330 valence electrons. The molecule has 10 rings (SSSR count). The van der Waals surface area contributed by atoms with E-state index in [0.29, 0.717) is 11.0 Å². The van der Waals surface area contributed by atoms with E-state index in [1.165, 1.54) is 43.8 Å². The molecule has 0 amide bonds. The van der Waals surface area contributed by atoms with E-state index >= 15 is 0 Å². The van der Waals surface area contributed by atoms with Crippen LogP contribution in [-0.4, -0.2) is 21.5 Å². The first-order valence-electron chi connectivity index (χ1n) is 23.0. The number of fused-ring (bicyclic) bond motifs is 9. The van der Waals surface area contributed by atoms with Gasteiger partial charge < -0.3 is 9.13 Å². The van der Waals surface area contributed by atoms with Gasteiger partial charge in [-0.05, 0) is 148 Å². The molecular formula is C59H61N3O2S.